The summed E-state index contributed by atoms with van der Waals surface area (Å²) in [6.07, 6.45) is 13.6. The highest BCUT2D eigenvalue weighted by atomic mass is 32.3. The maximum Gasteiger partial charge on any atom is 0.397 e. The summed E-state index contributed by atoms with van der Waals surface area (Å²) in [6, 6.07) is 0.538. The zero-order valence-electron chi connectivity index (χ0n) is 31.4. The lowest BCUT2D eigenvalue weighted by molar-refractivity contribution is -0.198. The van der Waals surface area contributed by atoms with Crippen LogP contribution in [0, 0.1) is 58.2 Å². The Kier molecular flexibility index (Phi) is 15.1. The van der Waals surface area contributed by atoms with E-state index in [9.17, 15) is 18.1 Å². The molecule has 4 fully saturated rings. The highest BCUT2D eigenvalue weighted by Crippen LogP contribution is 2.69. The number of unbranched alkanes of at least 4 members (excludes halogenated alkanes) is 1. The van der Waals surface area contributed by atoms with Crippen molar-refractivity contribution in [1.82, 2.24) is 16.0 Å². The van der Waals surface area contributed by atoms with Crippen LogP contribution in [0.25, 0.3) is 0 Å². The molecule has 48 heavy (non-hydrogen) atoms. The molecule has 10 heteroatoms. The molecule has 6 unspecified atom stereocenters. The van der Waals surface area contributed by atoms with Gasteiger partial charge in [-0.15, -0.1) is 0 Å². The van der Waals surface area contributed by atoms with E-state index < -0.39 is 16.5 Å². The van der Waals surface area contributed by atoms with Gasteiger partial charge in [-0.25, -0.2) is 4.18 Å². The van der Waals surface area contributed by atoms with Gasteiger partial charge in [-0.1, -0.05) is 41.5 Å². The van der Waals surface area contributed by atoms with Crippen molar-refractivity contribution >= 4 is 10.4 Å². The topological polar surface area (TPSA) is 146 Å². The second-order valence-electron chi connectivity index (χ2n) is 17.6. The van der Waals surface area contributed by atoms with Gasteiger partial charge >= 0.3 is 10.4 Å². The summed E-state index contributed by atoms with van der Waals surface area (Å²) in [7, 11) is -4.46. The minimum Gasteiger partial charge on any atom is -0.393 e. The molecule has 4 rings (SSSR count). The average molecular weight is 699 g/mol. The third kappa shape index (κ3) is 9.96. The molecule has 0 aromatic rings. The first-order valence-corrected chi connectivity index (χ1v) is 21.3. The lowest BCUT2D eigenvalue weighted by atomic mass is 9.40. The standard InChI is InChI=1S/C38H74N4O5S/c1-26(2)34(47-48(44,45)46)14-11-27(3)30-12-13-31-35(30)28(4)23-32-36(31)33(43)25-37(5)24-29(15-16-38(32,37)6)42-22-10-21-41-19-8-7-18-40-20-9-17-39/h26-36,40-43H,7-25,39H2,1-6H3,(H,44,45,46)/t27-,28+,29-,30?,31?,32?,33+,34?,35?,36?,37+,38+/m0/s1. The Labute approximate surface area is 294 Å². The molecule has 4 aliphatic carbocycles. The van der Waals surface area contributed by atoms with Crippen LogP contribution in [0.2, 0.25) is 0 Å². The van der Waals surface area contributed by atoms with E-state index in [1.807, 2.05) is 13.8 Å². The van der Waals surface area contributed by atoms with Crippen LogP contribution in [0.1, 0.15) is 125 Å². The van der Waals surface area contributed by atoms with Crippen LogP contribution in [0.15, 0.2) is 0 Å². The quantitative estimate of drug-likeness (QED) is 0.0689. The summed E-state index contributed by atoms with van der Waals surface area (Å²) < 4.78 is 37.2. The fourth-order valence-corrected chi connectivity index (χ4v) is 12.1. The molecular weight excluding hydrogens is 625 g/mol. The Bertz CT molecular complexity index is 1080. The van der Waals surface area contributed by atoms with Crippen molar-refractivity contribution in [3.63, 3.8) is 0 Å². The van der Waals surface area contributed by atoms with Crippen molar-refractivity contribution in [2.24, 2.45) is 63.9 Å². The van der Waals surface area contributed by atoms with Crippen molar-refractivity contribution in [2.45, 2.75) is 143 Å². The highest BCUT2D eigenvalue weighted by molar-refractivity contribution is 7.80. The monoisotopic (exact) mass is 699 g/mol. The van der Waals surface area contributed by atoms with E-state index in [1.54, 1.807) is 0 Å². The molecule has 7 N–H and O–H groups in total. The lowest BCUT2D eigenvalue weighted by Crippen LogP contribution is -2.63. The Morgan fingerprint density at radius 1 is 0.896 bits per heavy atom. The van der Waals surface area contributed by atoms with Crippen molar-refractivity contribution in [2.75, 3.05) is 39.3 Å². The van der Waals surface area contributed by atoms with Crippen LogP contribution in [0.4, 0.5) is 0 Å². The Morgan fingerprint density at radius 3 is 2.21 bits per heavy atom. The Balaban J connectivity index is 1.26. The number of rotatable bonds is 20. The molecule has 0 spiro atoms. The second kappa shape index (κ2) is 17.9. The van der Waals surface area contributed by atoms with E-state index in [4.69, 9.17) is 9.92 Å². The van der Waals surface area contributed by atoms with Crippen LogP contribution in [0.3, 0.4) is 0 Å². The van der Waals surface area contributed by atoms with Gasteiger partial charge in [0.2, 0.25) is 0 Å². The molecule has 282 valence electrons. The predicted molar refractivity (Wildman–Crippen MR) is 196 cm³/mol. The highest BCUT2D eigenvalue weighted by Gasteiger charge is 2.64. The molecule has 0 saturated heterocycles. The van der Waals surface area contributed by atoms with Gasteiger partial charge in [0.1, 0.15) is 0 Å². The van der Waals surface area contributed by atoms with Crippen molar-refractivity contribution < 1.29 is 22.3 Å². The van der Waals surface area contributed by atoms with Crippen LogP contribution in [-0.2, 0) is 14.6 Å². The third-order valence-corrected chi connectivity index (χ3v) is 14.7. The van der Waals surface area contributed by atoms with Gasteiger partial charge in [-0.05, 0) is 181 Å². The Morgan fingerprint density at radius 2 is 1.56 bits per heavy atom. The summed E-state index contributed by atoms with van der Waals surface area (Å²) in [4.78, 5) is 0. The molecular formula is C38H74N4O5S. The van der Waals surface area contributed by atoms with Gasteiger partial charge in [-0.2, -0.15) is 8.42 Å². The van der Waals surface area contributed by atoms with Gasteiger partial charge in [0.15, 0.2) is 0 Å². The molecule has 0 aromatic carbocycles. The maximum atomic E-state index is 12.0. The molecule has 0 heterocycles. The van der Waals surface area contributed by atoms with Gasteiger partial charge in [0.25, 0.3) is 0 Å². The van der Waals surface area contributed by atoms with Gasteiger partial charge in [-0.3, -0.25) is 4.55 Å². The number of aliphatic hydroxyl groups excluding tert-OH is 1. The van der Waals surface area contributed by atoms with E-state index in [0.717, 1.165) is 65.0 Å². The first-order chi connectivity index (χ1) is 22.7. The first-order valence-electron chi connectivity index (χ1n) is 19.9. The van der Waals surface area contributed by atoms with E-state index in [-0.39, 0.29) is 22.9 Å². The second-order valence-corrected chi connectivity index (χ2v) is 18.6. The summed E-state index contributed by atoms with van der Waals surface area (Å²) in [5.74, 6) is 3.86. The van der Waals surface area contributed by atoms with Gasteiger partial charge in [0.05, 0.1) is 12.2 Å². The first kappa shape index (κ1) is 40.4. The van der Waals surface area contributed by atoms with E-state index in [0.29, 0.717) is 53.9 Å². The molecule has 0 aromatic heterocycles. The van der Waals surface area contributed by atoms with Gasteiger partial charge in [0, 0.05) is 6.04 Å². The average Bonchev–Trinajstić information content (AvgIpc) is 3.46. The fourth-order valence-electron chi connectivity index (χ4n) is 11.5. The van der Waals surface area contributed by atoms with Crippen LogP contribution < -0.4 is 21.7 Å². The predicted octanol–water partition coefficient (Wildman–Crippen LogP) is 5.78. The summed E-state index contributed by atoms with van der Waals surface area (Å²) in [5.41, 5.74) is 5.95. The molecule has 12 atom stereocenters. The number of nitrogens with two attached hydrogens (primary N) is 1. The SMILES string of the molecule is CC(C)C(CC[C@H](C)C1CCC2C1[C@H](C)CC1C2[C@H](O)C[C@@]2(C)C[C@@H](NCCCNCCCCNCCCN)CC[C@]12C)OS(=O)(=O)O. The number of hydrogen-bond acceptors (Lipinski definition) is 8. The summed E-state index contributed by atoms with van der Waals surface area (Å²) >= 11 is 0. The van der Waals surface area contributed by atoms with E-state index >= 15 is 0 Å². The maximum absolute atomic E-state index is 12.0. The van der Waals surface area contributed by atoms with Crippen molar-refractivity contribution in [3.8, 4) is 0 Å². The van der Waals surface area contributed by atoms with Crippen LogP contribution >= 0.6 is 0 Å². The van der Waals surface area contributed by atoms with Crippen molar-refractivity contribution in [1.29, 1.82) is 0 Å². The molecule has 0 aliphatic heterocycles. The number of nitrogens with one attached hydrogen (secondary N) is 3. The fraction of sp³-hybridized carbons (Fsp3) is 1.00. The number of hydrogen-bond donors (Lipinski definition) is 6. The van der Waals surface area contributed by atoms with Crippen LogP contribution in [0.5, 0.6) is 0 Å². The molecule has 4 aliphatic rings. The van der Waals surface area contributed by atoms with Crippen LogP contribution in [-0.4, -0.2) is 75.6 Å². The molecule has 0 bridgehead atoms. The normalized spacial score (nSPS) is 38.0. The zero-order valence-corrected chi connectivity index (χ0v) is 32.2. The van der Waals surface area contributed by atoms with Crippen molar-refractivity contribution in [3.05, 3.63) is 0 Å². The molecule has 4 saturated carbocycles. The molecule has 0 amide bonds. The minimum absolute atomic E-state index is 0.0134. The molecule has 0 radical (unpaired) electrons. The van der Waals surface area contributed by atoms with E-state index in [1.165, 1.54) is 51.4 Å². The third-order valence-electron chi connectivity index (χ3n) is 14.2. The van der Waals surface area contributed by atoms with Gasteiger partial charge < -0.3 is 26.8 Å². The largest absolute Gasteiger partial charge is 0.397 e. The minimum atomic E-state index is -4.46. The number of fused-ring (bicyclic) bond motifs is 5. The smallest absolute Gasteiger partial charge is 0.393 e. The summed E-state index contributed by atoms with van der Waals surface area (Å²) in [5, 5.41) is 23.0. The Hall–Kier alpha value is -0.330. The summed E-state index contributed by atoms with van der Waals surface area (Å²) in [6.45, 7) is 19.9. The molecule has 9 nitrogen and oxygen atoms in total. The zero-order chi connectivity index (χ0) is 35.1. The number of aliphatic hydroxyl groups is 1. The van der Waals surface area contributed by atoms with E-state index in [2.05, 4.69) is 43.6 Å². The lowest BCUT2D eigenvalue weighted by Gasteiger charge is -2.66.